The Labute approximate surface area is 79.3 Å². The Balaban J connectivity index is 0. The molecule has 36 valence electrons. The van der Waals surface area contributed by atoms with Gasteiger partial charge in [-0.1, -0.05) is 0 Å². The summed E-state index contributed by atoms with van der Waals surface area (Å²) in [4.78, 5) is 0. The maximum absolute atomic E-state index is 0. The fraction of sp³-hybridized carbons (Fsp3) is 0. The summed E-state index contributed by atoms with van der Waals surface area (Å²) in [6, 6.07) is 0. The smallest absolute Gasteiger partial charge is 0 e. The Hall–Kier alpha value is 2.15. The van der Waals surface area contributed by atoms with Crippen molar-refractivity contribution in [1.29, 1.82) is 0 Å². The first-order valence-electron chi connectivity index (χ1n) is 0. The summed E-state index contributed by atoms with van der Waals surface area (Å²) in [5, 5.41) is 0. The van der Waals surface area contributed by atoms with Gasteiger partial charge < -0.3 is 7.43 Å². The molecular weight excluding hydrogens is 300 g/mol. The van der Waals surface area contributed by atoms with E-state index >= 15 is 0 Å². The minimum atomic E-state index is 0. The first kappa shape index (κ1) is 58.4. The van der Waals surface area contributed by atoms with E-state index in [2.05, 4.69) is 0 Å². The van der Waals surface area contributed by atoms with Crippen molar-refractivity contribution in [2.45, 2.75) is 0 Å². The summed E-state index contributed by atoms with van der Waals surface area (Å²) < 4.78 is 0. The molecule has 4 heteroatoms. The summed E-state index contributed by atoms with van der Waals surface area (Å²) >= 11 is 0. The van der Waals surface area contributed by atoms with Crippen LogP contribution in [0.5, 0.6) is 0 Å². The zero-order valence-corrected chi connectivity index (χ0v) is 9.43. The molecule has 0 atom stereocenters. The van der Waals surface area contributed by atoms with E-state index in [4.69, 9.17) is 0 Å². The maximum Gasteiger partial charge on any atom is 0 e. The molecule has 0 N–H and O–H groups in total. The Kier molecular flexibility index (Phi) is 411. The molecule has 0 nitrogen and oxygen atoms in total. The molecular formula is CH6Br3Ti-. The van der Waals surface area contributed by atoms with E-state index in [-0.39, 0.29) is 80.1 Å². The topological polar surface area (TPSA) is 0 Å². The summed E-state index contributed by atoms with van der Waals surface area (Å²) in [5.74, 6) is 0. The SMILES string of the molecule is Br.Br.Br.[CH3-].[Ti]. The van der Waals surface area contributed by atoms with Gasteiger partial charge in [0.2, 0.25) is 0 Å². The van der Waals surface area contributed by atoms with Gasteiger partial charge in [-0.15, -0.1) is 50.9 Å². The van der Waals surface area contributed by atoms with E-state index in [1.165, 1.54) is 0 Å². The van der Waals surface area contributed by atoms with Gasteiger partial charge in [-0.05, 0) is 0 Å². The standard InChI is InChI=1S/CH3.3BrH.Ti/h1H3;3*1H;/q-1;;;;. The zero-order valence-electron chi connectivity index (χ0n) is 2.72. The van der Waals surface area contributed by atoms with Gasteiger partial charge in [0, 0.05) is 21.7 Å². The molecule has 0 aliphatic carbocycles. The molecule has 0 aromatic carbocycles. The predicted molar refractivity (Wildman–Crippen MR) is 37.4 cm³/mol. The van der Waals surface area contributed by atoms with Crippen molar-refractivity contribution in [3.05, 3.63) is 7.43 Å². The van der Waals surface area contributed by atoms with Crippen LogP contribution in [0.25, 0.3) is 0 Å². The Morgan fingerprint density at radius 1 is 0.600 bits per heavy atom. The van der Waals surface area contributed by atoms with Gasteiger partial charge in [-0.25, -0.2) is 0 Å². The van der Waals surface area contributed by atoms with Gasteiger partial charge in [-0.3, -0.25) is 0 Å². The van der Waals surface area contributed by atoms with Crippen LogP contribution in [0.4, 0.5) is 0 Å². The van der Waals surface area contributed by atoms with Crippen molar-refractivity contribution in [3.63, 3.8) is 0 Å². The van der Waals surface area contributed by atoms with Gasteiger partial charge in [0.15, 0.2) is 0 Å². The summed E-state index contributed by atoms with van der Waals surface area (Å²) in [7, 11) is 0. The first-order valence-corrected chi connectivity index (χ1v) is 0. The van der Waals surface area contributed by atoms with Crippen LogP contribution >= 0.6 is 50.9 Å². The molecule has 0 rings (SSSR count). The number of hydrogen-bond donors (Lipinski definition) is 0. The number of hydrogen-bond acceptors (Lipinski definition) is 0. The molecule has 0 aromatic heterocycles. The molecule has 0 aromatic rings. The van der Waals surface area contributed by atoms with Crippen LogP contribution < -0.4 is 0 Å². The minimum Gasteiger partial charge on any atom is -0.358 e. The third-order valence-electron chi connectivity index (χ3n) is 0. The maximum atomic E-state index is 0. The normalized spacial score (nSPS) is 0. The third kappa shape index (κ3) is 22.9. The number of halogens is 3. The second-order valence-corrected chi connectivity index (χ2v) is 0. The van der Waals surface area contributed by atoms with Crippen molar-refractivity contribution < 1.29 is 21.7 Å². The Morgan fingerprint density at radius 2 is 0.600 bits per heavy atom. The van der Waals surface area contributed by atoms with Gasteiger partial charge in [0.1, 0.15) is 0 Å². The van der Waals surface area contributed by atoms with E-state index < -0.39 is 0 Å². The average Bonchev–Trinajstić information content (AvgIpc) is 0. The van der Waals surface area contributed by atoms with E-state index in [1.807, 2.05) is 0 Å². The molecule has 0 saturated heterocycles. The van der Waals surface area contributed by atoms with Gasteiger partial charge >= 0.3 is 0 Å². The van der Waals surface area contributed by atoms with Gasteiger partial charge in [0.05, 0.1) is 0 Å². The molecule has 0 aliphatic rings. The molecule has 0 aliphatic heterocycles. The second kappa shape index (κ2) is 35.2. The Bertz CT molecular complexity index is 6.85. The van der Waals surface area contributed by atoms with E-state index in [1.54, 1.807) is 0 Å². The van der Waals surface area contributed by atoms with Crippen LogP contribution in [-0.2, 0) is 21.7 Å². The second-order valence-electron chi connectivity index (χ2n) is 0. The van der Waals surface area contributed by atoms with Crippen LogP contribution in [0.2, 0.25) is 0 Å². The molecule has 0 heterocycles. The van der Waals surface area contributed by atoms with Crippen LogP contribution in [0.1, 0.15) is 0 Å². The summed E-state index contributed by atoms with van der Waals surface area (Å²) in [6.07, 6.45) is 0. The van der Waals surface area contributed by atoms with Crippen LogP contribution in [-0.4, -0.2) is 0 Å². The van der Waals surface area contributed by atoms with Gasteiger partial charge in [0.25, 0.3) is 0 Å². The largest absolute Gasteiger partial charge is 0.358 e. The van der Waals surface area contributed by atoms with Gasteiger partial charge in [-0.2, -0.15) is 0 Å². The van der Waals surface area contributed by atoms with E-state index in [0.717, 1.165) is 0 Å². The molecule has 0 spiro atoms. The van der Waals surface area contributed by atoms with Crippen molar-refractivity contribution in [2.75, 3.05) is 0 Å². The molecule has 0 radical (unpaired) electrons. The predicted octanol–water partition coefficient (Wildman–Crippen LogP) is 2.18. The van der Waals surface area contributed by atoms with Crippen molar-refractivity contribution >= 4 is 50.9 Å². The van der Waals surface area contributed by atoms with Crippen LogP contribution in [0.15, 0.2) is 0 Å². The molecule has 0 amide bonds. The van der Waals surface area contributed by atoms with Crippen LogP contribution in [0, 0.1) is 7.43 Å². The fourth-order valence-electron chi connectivity index (χ4n) is 0. The fourth-order valence-corrected chi connectivity index (χ4v) is 0. The molecule has 0 bridgehead atoms. The third-order valence-corrected chi connectivity index (χ3v) is 0. The van der Waals surface area contributed by atoms with E-state index in [9.17, 15) is 0 Å². The molecule has 0 fully saturated rings. The summed E-state index contributed by atoms with van der Waals surface area (Å²) in [6.45, 7) is 0. The summed E-state index contributed by atoms with van der Waals surface area (Å²) in [5.41, 5.74) is 0. The average molecular weight is 306 g/mol. The quantitative estimate of drug-likeness (QED) is 0.475. The molecule has 0 unspecified atom stereocenters. The number of rotatable bonds is 0. The van der Waals surface area contributed by atoms with E-state index in [0.29, 0.717) is 0 Å². The van der Waals surface area contributed by atoms with Crippen molar-refractivity contribution in [2.24, 2.45) is 0 Å². The molecule has 0 saturated carbocycles. The van der Waals surface area contributed by atoms with Crippen molar-refractivity contribution in [1.82, 2.24) is 0 Å². The van der Waals surface area contributed by atoms with Crippen LogP contribution in [0.3, 0.4) is 0 Å². The molecule has 5 heavy (non-hydrogen) atoms. The monoisotopic (exact) mass is 303 g/mol. The van der Waals surface area contributed by atoms with Crippen molar-refractivity contribution in [3.8, 4) is 0 Å². The first-order chi connectivity index (χ1) is 0. The minimum absolute atomic E-state index is 0. The Morgan fingerprint density at radius 3 is 0.600 bits per heavy atom. The zero-order chi connectivity index (χ0) is 0.